The molecular weight excluding hydrogens is 322 g/mol. The number of carbonyl (C=O) groups is 1. The molecule has 0 unspecified atom stereocenters. The number of nitrogens with two attached hydrogens (primary N) is 2. The molecule has 0 spiro atoms. The minimum absolute atomic E-state index is 0.278. The Bertz CT molecular complexity index is 852. The molecule has 0 radical (unpaired) electrons. The summed E-state index contributed by atoms with van der Waals surface area (Å²) in [7, 11) is 1.53. The van der Waals surface area contributed by atoms with Gasteiger partial charge >= 0.3 is 5.97 Å². The van der Waals surface area contributed by atoms with E-state index in [9.17, 15) is 4.79 Å². The van der Waals surface area contributed by atoms with Crippen LogP contribution in [0, 0.1) is 11.8 Å². The number of hydrazine groups is 1. The van der Waals surface area contributed by atoms with Crippen LogP contribution in [0.15, 0.2) is 60.1 Å². The molecule has 0 aliphatic heterocycles. The van der Waals surface area contributed by atoms with Gasteiger partial charge < -0.3 is 20.3 Å². The van der Waals surface area contributed by atoms with Crippen LogP contribution in [0.2, 0.25) is 0 Å². The quantitative estimate of drug-likeness (QED) is 0.212. The first-order valence-electron chi connectivity index (χ1n) is 7.17. The number of aliphatic carboxylic acids is 1. The lowest BCUT2D eigenvalue weighted by Gasteiger charge is -2.12. The predicted octanol–water partition coefficient (Wildman–Crippen LogP) is 1.15. The fraction of sp³-hybridized carbons (Fsp3) is 0.0556. The normalized spacial score (nSPS) is 10.8. The van der Waals surface area contributed by atoms with Crippen LogP contribution < -0.4 is 26.5 Å². The summed E-state index contributed by atoms with van der Waals surface area (Å²) in [5.74, 6) is 10.5. The van der Waals surface area contributed by atoms with Gasteiger partial charge in [0.1, 0.15) is 11.5 Å². The number of hydrogen-bond acceptors (Lipinski definition) is 6. The van der Waals surface area contributed by atoms with Crippen molar-refractivity contribution in [1.29, 1.82) is 0 Å². The van der Waals surface area contributed by atoms with Gasteiger partial charge in [-0.2, -0.15) is 0 Å². The second-order valence-corrected chi connectivity index (χ2v) is 4.77. The lowest BCUT2D eigenvalue weighted by molar-refractivity contribution is -0.132. The smallest absolute Gasteiger partial charge is 0.357 e. The molecule has 0 heterocycles. The van der Waals surface area contributed by atoms with Crippen molar-refractivity contribution >= 4 is 5.97 Å². The summed E-state index contributed by atoms with van der Waals surface area (Å²) < 4.78 is 10.7. The van der Waals surface area contributed by atoms with Gasteiger partial charge in [0, 0.05) is 11.6 Å². The Morgan fingerprint density at radius 3 is 2.48 bits per heavy atom. The fourth-order valence-electron chi connectivity index (χ4n) is 1.89. The Balaban J connectivity index is 2.36. The van der Waals surface area contributed by atoms with E-state index in [2.05, 4.69) is 17.3 Å². The number of ether oxygens (including phenoxy) is 2. The van der Waals surface area contributed by atoms with Gasteiger partial charge in [-0.15, -0.1) is 0 Å². The van der Waals surface area contributed by atoms with Crippen LogP contribution in [0.25, 0.3) is 0 Å². The number of carboxylic acids is 1. The summed E-state index contributed by atoms with van der Waals surface area (Å²) in [6.07, 6.45) is 0. The molecule has 0 saturated heterocycles. The van der Waals surface area contributed by atoms with Gasteiger partial charge in [-0.25, -0.2) is 10.6 Å². The maximum absolute atomic E-state index is 10.9. The minimum Gasteiger partial charge on any atom is -0.495 e. The van der Waals surface area contributed by atoms with Crippen molar-refractivity contribution in [3.63, 3.8) is 0 Å². The number of rotatable bonds is 5. The van der Waals surface area contributed by atoms with E-state index in [1.807, 2.05) is 30.3 Å². The van der Waals surface area contributed by atoms with Crippen molar-refractivity contribution < 1.29 is 19.4 Å². The summed E-state index contributed by atoms with van der Waals surface area (Å²) in [6, 6.07) is 14.3. The van der Waals surface area contributed by atoms with Gasteiger partial charge in [0.05, 0.1) is 12.7 Å². The maximum atomic E-state index is 10.9. The number of carboxylic acid groups (broad SMARTS) is 1. The first-order chi connectivity index (χ1) is 12.0. The molecule has 7 nitrogen and oxygen atoms in total. The highest BCUT2D eigenvalue weighted by Gasteiger charge is 2.13. The van der Waals surface area contributed by atoms with Crippen molar-refractivity contribution in [3.8, 4) is 23.3 Å². The molecule has 25 heavy (non-hydrogen) atoms. The Hall–Kier alpha value is -3.63. The van der Waals surface area contributed by atoms with Crippen LogP contribution in [0.4, 0.5) is 0 Å². The van der Waals surface area contributed by atoms with Crippen molar-refractivity contribution in [2.24, 2.45) is 11.6 Å². The average Bonchev–Trinajstić information content (AvgIpc) is 2.64. The van der Waals surface area contributed by atoms with Crippen LogP contribution in [-0.2, 0) is 4.79 Å². The largest absolute Gasteiger partial charge is 0.495 e. The molecule has 0 fully saturated rings. The Kier molecular flexibility index (Phi) is 5.87. The molecule has 2 rings (SSSR count). The Labute approximate surface area is 144 Å². The van der Waals surface area contributed by atoms with E-state index in [1.54, 1.807) is 18.2 Å². The second kappa shape index (κ2) is 8.29. The monoisotopic (exact) mass is 339 g/mol. The third-order valence-electron chi connectivity index (χ3n) is 3.11. The van der Waals surface area contributed by atoms with E-state index in [0.717, 1.165) is 5.56 Å². The van der Waals surface area contributed by atoms with Gasteiger partial charge in [-0.05, 0) is 24.3 Å². The highest BCUT2D eigenvalue weighted by Crippen LogP contribution is 2.24. The van der Waals surface area contributed by atoms with E-state index < -0.39 is 11.7 Å². The highest BCUT2D eigenvalue weighted by atomic mass is 16.5. The summed E-state index contributed by atoms with van der Waals surface area (Å²) in [6.45, 7) is 0. The zero-order chi connectivity index (χ0) is 18.2. The van der Waals surface area contributed by atoms with Crippen LogP contribution in [0.5, 0.6) is 11.5 Å². The third kappa shape index (κ3) is 4.67. The molecule has 0 atom stereocenters. The topological polar surface area (TPSA) is 120 Å². The lowest BCUT2D eigenvalue weighted by atomic mass is 10.1. The molecule has 0 saturated carbocycles. The minimum atomic E-state index is -1.36. The van der Waals surface area contributed by atoms with Gasteiger partial charge in [-0.1, -0.05) is 30.0 Å². The molecule has 6 N–H and O–H groups in total. The summed E-state index contributed by atoms with van der Waals surface area (Å²) in [5.41, 5.74) is 8.39. The summed E-state index contributed by atoms with van der Waals surface area (Å²) in [5, 5.41) is 8.91. The molecule has 0 aliphatic carbocycles. The van der Waals surface area contributed by atoms with E-state index in [0.29, 0.717) is 17.1 Å². The van der Waals surface area contributed by atoms with E-state index >= 15 is 0 Å². The highest BCUT2D eigenvalue weighted by molar-refractivity contribution is 5.85. The van der Waals surface area contributed by atoms with Crippen LogP contribution in [-0.4, -0.2) is 18.2 Å². The first-order valence-corrected chi connectivity index (χ1v) is 7.17. The number of methoxy groups -OCH3 is 1. The van der Waals surface area contributed by atoms with Crippen molar-refractivity contribution in [3.05, 3.63) is 71.2 Å². The van der Waals surface area contributed by atoms with Gasteiger partial charge in [0.2, 0.25) is 5.88 Å². The maximum Gasteiger partial charge on any atom is 0.357 e. The molecule has 0 aliphatic rings. The van der Waals surface area contributed by atoms with Crippen LogP contribution >= 0.6 is 0 Å². The summed E-state index contributed by atoms with van der Waals surface area (Å²) in [4.78, 5) is 10.9. The first kappa shape index (κ1) is 17.7. The number of nitrogens with one attached hydrogen (secondary N) is 1. The zero-order valence-electron chi connectivity index (χ0n) is 13.4. The molecule has 0 amide bonds. The Morgan fingerprint density at radius 1 is 1.16 bits per heavy atom. The number of benzene rings is 2. The second-order valence-electron chi connectivity index (χ2n) is 4.77. The molecule has 2 aromatic rings. The summed E-state index contributed by atoms with van der Waals surface area (Å²) >= 11 is 0. The molecule has 2 aromatic carbocycles. The SMILES string of the molecule is COc1ccc(O/C(NN)=C(/N)C(=O)O)cc1C#Cc1ccccc1. The van der Waals surface area contributed by atoms with Crippen LogP contribution in [0.3, 0.4) is 0 Å². The van der Waals surface area contributed by atoms with Crippen molar-refractivity contribution in [2.45, 2.75) is 0 Å². The lowest BCUT2D eigenvalue weighted by Crippen LogP contribution is -2.31. The van der Waals surface area contributed by atoms with E-state index in [-0.39, 0.29) is 5.88 Å². The van der Waals surface area contributed by atoms with Crippen molar-refractivity contribution in [2.75, 3.05) is 7.11 Å². The Morgan fingerprint density at radius 2 is 1.88 bits per heavy atom. The molecule has 0 bridgehead atoms. The standard InChI is InChI=1S/C18H17N3O4/c1-24-15-10-9-14(25-17(21-20)16(19)18(22)23)11-13(15)8-7-12-5-3-2-4-6-12/h2-6,9-11,21H,19-20H2,1H3,(H,22,23)/b17-16+. The average molecular weight is 339 g/mol. The van der Waals surface area contributed by atoms with E-state index in [4.69, 9.17) is 26.2 Å². The van der Waals surface area contributed by atoms with Gasteiger partial charge in [-0.3, -0.25) is 5.43 Å². The van der Waals surface area contributed by atoms with Crippen molar-refractivity contribution in [1.82, 2.24) is 5.43 Å². The van der Waals surface area contributed by atoms with Gasteiger partial charge in [0.15, 0.2) is 5.70 Å². The fourth-order valence-corrected chi connectivity index (χ4v) is 1.89. The number of hydrogen-bond donors (Lipinski definition) is 4. The van der Waals surface area contributed by atoms with Crippen LogP contribution in [0.1, 0.15) is 11.1 Å². The van der Waals surface area contributed by atoms with Gasteiger partial charge in [0.25, 0.3) is 0 Å². The predicted molar refractivity (Wildman–Crippen MR) is 92.2 cm³/mol. The van der Waals surface area contributed by atoms with E-state index in [1.165, 1.54) is 7.11 Å². The molecule has 7 heteroatoms. The third-order valence-corrected chi connectivity index (χ3v) is 3.11. The molecule has 0 aromatic heterocycles. The molecule has 128 valence electrons. The zero-order valence-corrected chi connectivity index (χ0v) is 13.4. The molecular formula is C18H17N3O4.